The minimum atomic E-state index is 0.895. The molecule has 1 aromatic heterocycles. The van der Waals surface area contributed by atoms with Gasteiger partial charge in [0.25, 0.3) is 0 Å². The van der Waals surface area contributed by atoms with E-state index in [9.17, 15) is 0 Å². The SMILES string of the molecule is Cc1ccncc1CNCCc1ccccc1. The van der Waals surface area contributed by atoms with Gasteiger partial charge in [-0.25, -0.2) is 0 Å². The maximum atomic E-state index is 4.14. The van der Waals surface area contributed by atoms with Crippen molar-refractivity contribution in [2.75, 3.05) is 6.54 Å². The van der Waals surface area contributed by atoms with E-state index in [0.717, 1.165) is 19.5 Å². The van der Waals surface area contributed by atoms with Crippen LogP contribution in [-0.4, -0.2) is 11.5 Å². The molecule has 2 rings (SSSR count). The average Bonchev–Trinajstić information content (AvgIpc) is 2.38. The van der Waals surface area contributed by atoms with Gasteiger partial charge in [-0.2, -0.15) is 0 Å². The molecule has 1 heterocycles. The van der Waals surface area contributed by atoms with Gasteiger partial charge in [-0.15, -0.1) is 0 Å². The van der Waals surface area contributed by atoms with E-state index >= 15 is 0 Å². The summed E-state index contributed by atoms with van der Waals surface area (Å²) in [6, 6.07) is 12.6. The predicted octanol–water partition coefficient (Wildman–Crippen LogP) is 2.72. The third-order valence-corrected chi connectivity index (χ3v) is 2.90. The fraction of sp³-hybridized carbons (Fsp3) is 0.267. The van der Waals surface area contributed by atoms with Gasteiger partial charge >= 0.3 is 0 Å². The first-order valence-corrected chi connectivity index (χ1v) is 6.00. The first kappa shape index (κ1) is 11.8. The molecular formula is C15H18N2. The molecule has 0 unspecified atom stereocenters. The molecule has 88 valence electrons. The van der Waals surface area contributed by atoms with E-state index < -0.39 is 0 Å². The lowest BCUT2D eigenvalue weighted by molar-refractivity contribution is 0.682. The monoisotopic (exact) mass is 226 g/mol. The minimum absolute atomic E-state index is 0.895. The van der Waals surface area contributed by atoms with Crippen molar-refractivity contribution < 1.29 is 0 Å². The number of hydrogen-bond donors (Lipinski definition) is 1. The van der Waals surface area contributed by atoms with Crippen LogP contribution in [0.3, 0.4) is 0 Å². The normalized spacial score (nSPS) is 10.4. The molecule has 0 amide bonds. The van der Waals surface area contributed by atoms with Gasteiger partial charge in [-0.1, -0.05) is 30.3 Å². The van der Waals surface area contributed by atoms with E-state index in [2.05, 4.69) is 47.6 Å². The van der Waals surface area contributed by atoms with Crippen molar-refractivity contribution in [3.05, 3.63) is 65.5 Å². The number of nitrogens with zero attached hydrogens (tertiary/aromatic N) is 1. The van der Waals surface area contributed by atoms with Gasteiger partial charge in [-0.05, 0) is 42.6 Å². The summed E-state index contributed by atoms with van der Waals surface area (Å²) in [6.07, 6.45) is 4.84. The summed E-state index contributed by atoms with van der Waals surface area (Å²) in [4.78, 5) is 4.14. The van der Waals surface area contributed by atoms with E-state index in [1.165, 1.54) is 16.7 Å². The molecule has 1 aromatic carbocycles. The highest BCUT2D eigenvalue weighted by Crippen LogP contribution is 2.04. The molecule has 1 N–H and O–H groups in total. The fourth-order valence-electron chi connectivity index (χ4n) is 1.78. The van der Waals surface area contributed by atoms with Gasteiger partial charge in [0.15, 0.2) is 0 Å². The second kappa shape index (κ2) is 6.16. The highest BCUT2D eigenvalue weighted by atomic mass is 14.8. The number of hydrogen-bond acceptors (Lipinski definition) is 2. The van der Waals surface area contributed by atoms with Crippen molar-refractivity contribution in [2.24, 2.45) is 0 Å². The first-order chi connectivity index (χ1) is 8.36. The number of aryl methyl sites for hydroxylation is 1. The Kier molecular flexibility index (Phi) is 4.28. The molecule has 0 spiro atoms. The van der Waals surface area contributed by atoms with E-state index in [1.54, 1.807) is 0 Å². The highest BCUT2D eigenvalue weighted by molar-refractivity contribution is 5.21. The van der Waals surface area contributed by atoms with Crippen LogP contribution >= 0.6 is 0 Å². The molecule has 0 radical (unpaired) electrons. The maximum absolute atomic E-state index is 4.14. The summed E-state index contributed by atoms with van der Waals surface area (Å²) < 4.78 is 0. The van der Waals surface area contributed by atoms with Crippen molar-refractivity contribution in [3.8, 4) is 0 Å². The van der Waals surface area contributed by atoms with E-state index in [4.69, 9.17) is 0 Å². The molecule has 17 heavy (non-hydrogen) atoms. The molecule has 0 atom stereocenters. The van der Waals surface area contributed by atoms with Gasteiger partial charge in [0, 0.05) is 18.9 Å². The van der Waals surface area contributed by atoms with Gasteiger partial charge in [0.05, 0.1) is 0 Å². The zero-order valence-corrected chi connectivity index (χ0v) is 10.2. The molecule has 0 fully saturated rings. The number of pyridine rings is 1. The second-order valence-corrected chi connectivity index (χ2v) is 4.21. The minimum Gasteiger partial charge on any atom is -0.312 e. The van der Waals surface area contributed by atoms with Gasteiger partial charge in [-0.3, -0.25) is 4.98 Å². The summed E-state index contributed by atoms with van der Waals surface area (Å²) in [5.41, 5.74) is 3.95. The summed E-state index contributed by atoms with van der Waals surface area (Å²) in [7, 11) is 0. The average molecular weight is 226 g/mol. The van der Waals surface area contributed by atoms with Crippen molar-refractivity contribution in [2.45, 2.75) is 19.9 Å². The van der Waals surface area contributed by atoms with Crippen LogP contribution in [0.15, 0.2) is 48.8 Å². The summed E-state index contributed by atoms with van der Waals surface area (Å²) >= 11 is 0. The lowest BCUT2D eigenvalue weighted by atomic mass is 10.1. The van der Waals surface area contributed by atoms with E-state index in [-0.39, 0.29) is 0 Å². The predicted molar refractivity (Wildman–Crippen MR) is 70.8 cm³/mol. The largest absolute Gasteiger partial charge is 0.312 e. The standard InChI is InChI=1S/C15H18N2/c1-13-7-9-16-11-15(13)12-17-10-8-14-5-3-2-4-6-14/h2-7,9,11,17H,8,10,12H2,1H3. The molecule has 0 saturated heterocycles. The number of benzene rings is 1. The zero-order chi connectivity index (χ0) is 11.9. The molecule has 2 nitrogen and oxygen atoms in total. The third-order valence-electron chi connectivity index (χ3n) is 2.90. The fourth-order valence-corrected chi connectivity index (χ4v) is 1.78. The Bertz CT molecular complexity index is 451. The smallest absolute Gasteiger partial charge is 0.0315 e. The molecule has 0 aliphatic rings. The number of nitrogens with one attached hydrogen (secondary N) is 1. The van der Waals surface area contributed by atoms with Gasteiger partial charge in [0.2, 0.25) is 0 Å². The van der Waals surface area contributed by atoms with Crippen LogP contribution in [-0.2, 0) is 13.0 Å². The van der Waals surface area contributed by atoms with Crippen LogP contribution in [0.2, 0.25) is 0 Å². The molecule has 0 aliphatic heterocycles. The van der Waals surface area contributed by atoms with Crippen LogP contribution in [0, 0.1) is 6.92 Å². The Morgan fingerprint density at radius 2 is 1.94 bits per heavy atom. The van der Waals surface area contributed by atoms with Crippen molar-refractivity contribution in [1.29, 1.82) is 0 Å². The zero-order valence-electron chi connectivity index (χ0n) is 10.2. The van der Waals surface area contributed by atoms with Gasteiger partial charge < -0.3 is 5.32 Å². The molecule has 2 heteroatoms. The Morgan fingerprint density at radius 3 is 2.71 bits per heavy atom. The van der Waals surface area contributed by atoms with E-state index in [1.807, 2.05) is 18.5 Å². The molecule has 2 aromatic rings. The lowest BCUT2D eigenvalue weighted by Gasteiger charge is -2.07. The Labute approximate surface area is 103 Å². The maximum Gasteiger partial charge on any atom is 0.0315 e. The topological polar surface area (TPSA) is 24.9 Å². The lowest BCUT2D eigenvalue weighted by Crippen LogP contribution is -2.17. The molecular weight excluding hydrogens is 208 g/mol. The van der Waals surface area contributed by atoms with Crippen LogP contribution in [0.4, 0.5) is 0 Å². The number of aromatic nitrogens is 1. The Balaban J connectivity index is 1.76. The number of rotatable bonds is 5. The molecule has 0 bridgehead atoms. The Hall–Kier alpha value is -1.67. The Morgan fingerprint density at radius 1 is 1.12 bits per heavy atom. The van der Waals surface area contributed by atoms with Crippen molar-refractivity contribution in [3.63, 3.8) is 0 Å². The third kappa shape index (κ3) is 3.68. The summed E-state index contributed by atoms with van der Waals surface area (Å²) in [5, 5.41) is 3.45. The van der Waals surface area contributed by atoms with Gasteiger partial charge in [0.1, 0.15) is 0 Å². The second-order valence-electron chi connectivity index (χ2n) is 4.21. The van der Waals surface area contributed by atoms with Crippen molar-refractivity contribution >= 4 is 0 Å². The summed E-state index contributed by atoms with van der Waals surface area (Å²) in [5.74, 6) is 0. The summed E-state index contributed by atoms with van der Waals surface area (Å²) in [6.45, 7) is 4.01. The highest BCUT2D eigenvalue weighted by Gasteiger charge is 1.97. The molecule has 0 saturated carbocycles. The molecule has 0 aliphatic carbocycles. The van der Waals surface area contributed by atoms with Crippen LogP contribution in [0.1, 0.15) is 16.7 Å². The first-order valence-electron chi connectivity index (χ1n) is 6.00. The quantitative estimate of drug-likeness (QED) is 0.793. The van der Waals surface area contributed by atoms with Crippen molar-refractivity contribution in [1.82, 2.24) is 10.3 Å². The van der Waals surface area contributed by atoms with Crippen LogP contribution in [0.5, 0.6) is 0 Å². The van der Waals surface area contributed by atoms with E-state index in [0.29, 0.717) is 0 Å². The van der Waals surface area contributed by atoms with Crippen LogP contribution in [0.25, 0.3) is 0 Å². The van der Waals surface area contributed by atoms with Crippen LogP contribution < -0.4 is 5.32 Å².